The van der Waals surface area contributed by atoms with Crippen LogP contribution in [0.5, 0.6) is 0 Å². The van der Waals surface area contributed by atoms with Crippen molar-refractivity contribution in [3.05, 3.63) is 82.6 Å². The average Bonchev–Trinajstić information content (AvgIpc) is 3.06. The van der Waals surface area contributed by atoms with Gasteiger partial charge >= 0.3 is 0 Å². The zero-order chi connectivity index (χ0) is 13.2. The summed E-state index contributed by atoms with van der Waals surface area (Å²) in [7, 11) is 0. The van der Waals surface area contributed by atoms with Crippen molar-refractivity contribution in [1.29, 1.82) is 0 Å². The molecule has 0 aliphatic heterocycles. The smallest absolute Gasteiger partial charge is 0.128 e. The molecule has 0 fully saturated rings. The number of hydrogen-bond acceptors (Lipinski definition) is 0. The number of benzene rings is 1. The molecule has 0 radical (unpaired) electrons. The molecule has 19 heavy (non-hydrogen) atoms. The number of hydrogen-bond donors (Lipinski definition) is 2. The third-order valence-corrected chi connectivity index (χ3v) is 3.37. The highest BCUT2D eigenvalue weighted by atomic mass is 35.5. The molecule has 0 aliphatic rings. The van der Waals surface area contributed by atoms with Gasteiger partial charge in [0, 0.05) is 34.4 Å². The minimum absolute atomic E-state index is 0.192. The average molecular weight is 275 g/mol. The van der Waals surface area contributed by atoms with Gasteiger partial charge in [-0.2, -0.15) is 0 Å². The Balaban J connectivity index is 2.14. The second kappa shape index (κ2) is 4.94. The quantitative estimate of drug-likeness (QED) is 0.713. The zero-order valence-corrected chi connectivity index (χ0v) is 10.8. The van der Waals surface area contributed by atoms with E-state index in [1.165, 1.54) is 6.07 Å². The first-order valence-corrected chi connectivity index (χ1v) is 6.35. The highest BCUT2D eigenvalue weighted by Crippen LogP contribution is 2.32. The molecule has 0 unspecified atom stereocenters. The molecule has 0 amide bonds. The van der Waals surface area contributed by atoms with Gasteiger partial charge in [-0.15, -0.1) is 0 Å². The summed E-state index contributed by atoms with van der Waals surface area (Å²) in [4.78, 5) is 6.29. The Morgan fingerprint density at radius 2 is 1.58 bits per heavy atom. The Labute approximate surface area is 115 Å². The lowest BCUT2D eigenvalue weighted by Gasteiger charge is -2.16. The van der Waals surface area contributed by atoms with Crippen LogP contribution in [0.25, 0.3) is 0 Å². The normalized spacial score (nSPS) is 11.1. The predicted octanol–water partition coefficient (Wildman–Crippen LogP) is 4.32. The monoisotopic (exact) mass is 274 g/mol. The lowest BCUT2D eigenvalue weighted by Crippen LogP contribution is -2.06. The molecular weight excluding hydrogens is 263 g/mol. The van der Waals surface area contributed by atoms with Gasteiger partial charge in [-0.25, -0.2) is 4.39 Å². The van der Waals surface area contributed by atoms with Crippen LogP contribution in [0.4, 0.5) is 4.39 Å². The van der Waals surface area contributed by atoms with E-state index in [-0.39, 0.29) is 11.7 Å². The summed E-state index contributed by atoms with van der Waals surface area (Å²) in [6, 6.07) is 12.5. The van der Waals surface area contributed by atoms with E-state index in [9.17, 15) is 4.39 Å². The van der Waals surface area contributed by atoms with Gasteiger partial charge in [0.15, 0.2) is 0 Å². The van der Waals surface area contributed by atoms with Crippen molar-refractivity contribution < 1.29 is 4.39 Å². The fourth-order valence-electron chi connectivity index (χ4n) is 2.29. The highest BCUT2D eigenvalue weighted by Gasteiger charge is 2.21. The molecule has 2 aromatic heterocycles. The van der Waals surface area contributed by atoms with Gasteiger partial charge in [0.1, 0.15) is 5.82 Å². The van der Waals surface area contributed by atoms with E-state index in [1.807, 2.05) is 36.7 Å². The molecule has 0 saturated heterocycles. The van der Waals surface area contributed by atoms with Crippen LogP contribution in [0, 0.1) is 5.82 Å². The lowest BCUT2D eigenvalue weighted by molar-refractivity contribution is 0.604. The molecule has 1 aromatic carbocycles. The van der Waals surface area contributed by atoms with Crippen molar-refractivity contribution in [1.82, 2.24) is 9.97 Å². The van der Waals surface area contributed by atoms with E-state index in [0.29, 0.717) is 10.6 Å². The lowest BCUT2D eigenvalue weighted by atomic mass is 9.92. The topological polar surface area (TPSA) is 31.6 Å². The van der Waals surface area contributed by atoms with Crippen LogP contribution in [0.15, 0.2) is 54.9 Å². The molecule has 0 saturated carbocycles. The molecule has 3 aromatic rings. The van der Waals surface area contributed by atoms with Crippen LogP contribution in [-0.2, 0) is 0 Å². The molecular formula is C15H12ClFN2. The maximum absolute atomic E-state index is 14.2. The zero-order valence-electron chi connectivity index (χ0n) is 10.0. The van der Waals surface area contributed by atoms with Gasteiger partial charge in [0.05, 0.1) is 5.92 Å². The van der Waals surface area contributed by atoms with Crippen LogP contribution in [-0.4, -0.2) is 9.97 Å². The van der Waals surface area contributed by atoms with Crippen LogP contribution in [0.3, 0.4) is 0 Å². The maximum Gasteiger partial charge on any atom is 0.128 e. The Morgan fingerprint density at radius 3 is 2.05 bits per heavy atom. The Kier molecular flexibility index (Phi) is 3.13. The van der Waals surface area contributed by atoms with Crippen molar-refractivity contribution in [3.63, 3.8) is 0 Å². The third-order valence-electron chi connectivity index (χ3n) is 3.14. The second-order valence-electron chi connectivity index (χ2n) is 4.35. The number of nitrogens with one attached hydrogen (secondary N) is 2. The first-order chi connectivity index (χ1) is 9.25. The molecule has 3 rings (SSSR count). The molecule has 2 N–H and O–H groups in total. The largest absolute Gasteiger partial charge is 0.364 e. The van der Waals surface area contributed by atoms with Crippen molar-refractivity contribution in [2.45, 2.75) is 5.92 Å². The van der Waals surface area contributed by atoms with E-state index >= 15 is 0 Å². The van der Waals surface area contributed by atoms with E-state index in [0.717, 1.165) is 11.4 Å². The summed E-state index contributed by atoms with van der Waals surface area (Å²) in [5.41, 5.74) is 2.46. The number of halogens is 2. The predicted molar refractivity (Wildman–Crippen MR) is 73.9 cm³/mol. The number of rotatable bonds is 3. The fraction of sp³-hybridized carbons (Fsp3) is 0.0667. The van der Waals surface area contributed by atoms with E-state index < -0.39 is 0 Å². The van der Waals surface area contributed by atoms with Gasteiger partial charge in [-0.1, -0.05) is 17.7 Å². The van der Waals surface area contributed by atoms with Crippen LogP contribution < -0.4 is 0 Å². The SMILES string of the molecule is Fc1cc(Cl)ccc1C(c1ccc[nH]1)c1ccc[nH]1. The first kappa shape index (κ1) is 12.1. The first-order valence-electron chi connectivity index (χ1n) is 5.97. The van der Waals surface area contributed by atoms with Gasteiger partial charge in [0.25, 0.3) is 0 Å². The Morgan fingerprint density at radius 1 is 0.947 bits per heavy atom. The van der Waals surface area contributed by atoms with Crippen LogP contribution in [0.2, 0.25) is 5.02 Å². The minimum atomic E-state index is -0.304. The summed E-state index contributed by atoms with van der Waals surface area (Å²) in [6.07, 6.45) is 3.66. The van der Waals surface area contributed by atoms with Gasteiger partial charge in [-0.3, -0.25) is 0 Å². The molecule has 2 nitrogen and oxygen atoms in total. The molecule has 2 heterocycles. The Hall–Kier alpha value is -2.00. The third kappa shape index (κ3) is 2.29. The van der Waals surface area contributed by atoms with Crippen molar-refractivity contribution in [2.75, 3.05) is 0 Å². The maximum atomic E-state index is 14.2. The minimum Gasteiger partial charge on any atom is -0.364 e. The van der Waals surface area contributed by atoms with Crippen LogP contribution in [0.1, 0.15) is 22.9 Å². The molecule has 0 bridgehead atoms. The van der Waals surface area contributed by atoms with Crippen molar-refractivity contribution in [3.8, 4) is 0 Å². The van der Waals surface area contributed by atoms with Gasteiger partial charge < -0.3 is 9.97 Å². The molecule has 96 valence electrons. The number of aromatic amines is 2. The summed E-state index contributed by atoms with van der Waals surface area (Å²) < 4.78 is 14.2. The van der Waals surface area contributed by atoms with Crippen LogP contribution >= 0.6 is 11.6 Å². The van der Waals surface area contributed by atoms with Crippen molar-refractivity contribution >= 4 is 11.6 Å². The van der Waals surface area contributed by atoms with Crippen molar-refractivity contribution in [2.24, 2.45) is 0 Å². The summed E-state index contributed by atoms with van der Waals surface area (Å²) in [6.45, 7) is 0. The summed E-state index contributed by atoms with van der Waals surface area (Å²) in [5.74, 6) is -0.496. The molecule has 0 atom stereocenters. The standard InChI is InChI=1S/C15H12ClFN2/c16-10-5-6-11(12(17)9-10)15(13-3-1-7-18-13)14-4-2-8-19-14/h1-9,15,18-19H. The Bertz CT molecular complexity index is 625. The highest BCUT2D eigenvalue weighted by molar-refractivity contribution is 6.30. The summed E-state index contributed by atoms with van der Waals surface area (Å²) >= 11 is 5.82. The molecule has 0 spiro atoms. The number of H-pyrrole nitrogens is 2. The molecule has 4 heteroatoms. The number of aromatic nitrogens is 2. The second-order valence-corrected chi connectivity index (χ2v) is 4.79. The fourth-order valence-corrected chi connectivity index (χ4v) is 2.44. The summed E-state index contributed by atoms with van der Waals surface area (Å²) in [5, 5.41) is 0.401. The van der Waals surface area contributed by atoms with E-state index in [2.05, 4.69) is 9.97 Å². The van der Waals surface area contributed by atoms with Gasteiger partial charge in [-0.05, 0) is 36.4 Å². The van der Waals surface area contributed by atoms with Gasteiger partial charge in [0.2, 0.25) is 0 Å². The van der Waals surface area contributed by atoms with E-state index in [1.54, 1.807) is 12.1 Å². The molecule has 0 aliphatic carbocycles. The van der Waals surface area contributed by atoms with E-state index in [4.69, 9.17) is 11.6 Å².